The van der Waals surface area contributed by atoms with E-state index in [-0.39, 0.29) is 17.6 Å². The van der Waals surface area contributed by atoms with Crippen LogP contribution in [-0.4, -0.2) is 53.0 Å². The maximum absolute atomic E-state index is 12.8. The molecule has 1 amide bonds. The van der Waals surface area contributed by atoms with E-state index in [9.17, 15) is 9.59 Å². The fourth-order valence-corrected chi connectivity index (χ4v) is 4.26. The summed E-state index contributed by atoms with van der Waals surface area (Å²) in [4.78, 5) is 38.9. The Kier molecular flexibility index (Phi) is 4.38. The van der Waals surface area contributed by atoms with Gasteiger partial charge in [0.15, 0.2) is 11.5 Å². The van der Waals surface area contributed by atoms with E-state index in [0.29, 0.717) is 30.0 Å². The summed E-state index contributed by atoms with van der Waals surface area (Å²) in [6.45, 7) is 5.15. The van der Waals surface area contributed by atoms with Gasteiger partial charge in [-0.3, -0.25) is 9.36 Å². The summed E-state index contributed by atoms with van der Waals surface area (Å²) in [5.41, 5.74) is 3.78. The lowest BCUT2D eigenvalue weighted by molar-refractivity contribution is -0.132. The van der Waals surface area contributed by atoms with Crippen LogP contribution in [-0.2, 0) is 4.79 Å². The summed E-state index contributed by atoms with van der Waals surface area (Å²) in [5.74, 6) is 0.637. The minimum atomic E-state index is -0.219. The number of likely N-dealkylation sites (tertiary alicyclic amines) is 1. The molecular formula is C21H23N7O2. The highest BCUT2D eigenvalue weighted by molar-refractivity contribution is 5.80. The fourth-order valence-electron chi connectivity index (χ4n) is 4.26. The smallest absolute Gasteiger partial charge is 0.328 e. The predicted octanol–water partition coefficient (Wildman–Crippen LogP) is 2.32. The molecule has 9 nitrogen and oxygen atoms in total. The number of H-pyrrole nitrogens is 1. The molecular weight excluding hydrogens is 382 g/mol. The lowest BCUT2D eigenvalue weighted by Crippen LogP contribution is -2.42. The summed E-state index contributed by atoms with van der Waals surface area (Å²) in [7, 11) is 0. The van der Waals surface area contributed by atoms with E-state index in [1.165, 1.54) is 0 Å². The van der Waals surface area contributed by atoms with Crippen LogP contribution in [0.5, 0.6) is 0 Å². The predicted molar refractivity (Wildman–Crippen MR) is 112 cm³/mol. The molecule has 30 heavy (non-hydrogen) atoms. The SMILES string of the molecule is CCC(=O)N1CCCC(n2c(=O)[nH]c3cnc(-c4cnn5ccc(C)cc45)nc32)C1. The number of hydrogen-bond donors (Lipinski definition) is 1. The van der Waals surface area contributed by atoms with E-state index in [1.807, 2.05) is 37.1 Å². The molecule has 1 fully saturated rings. The first-order chi connectivity index (χ1) is 14.5. The monoisotopic (exact) mass is 405 g/mol. The molecule has 0 aromatic carbocycles. The van der Waals surface area contributed by atoms with Gasteiger partial charge in [-0.2, -0.15) is 5.10 Å². The number of imidazole rings is 1. The summed E-state index contributed by atoms with van der Waals surface area (Å²) in [5, 5.41) is 4.39. The van der Waals surface area contributed by atoms with Crippen LogP contribution in [0, 0.1) is 6.92 Å². The summed E-state index contributed by atoms with van der Waals surface area (Å²) >= 11 is 0. The van der Waals surface area contributed by atoms with Crippen molar-refractivity contribution >= 4 is 22.6 Å². The second-order valence-corrected chi connectivity index (χ2v) is 7.81. The fraction of sp³-hybridized carbons (Fsp3) is 0.381. The van der Waals surface area contributed by atoms with Gasteiger partial charge in [-0.25, -0.2) is 19.3 Å². The number of carbonyl (C=O) groups excluding carboxylic acids is 1. The molecule has 9 heteroatoms. The number of piperidine rings is 1. The highest BCUT2D eigenvalue weighted by Gasteiger charge is 2.27. The number of hydrogen-bond acceptors (Lipinski definition) is 5. The number of nitrogens with one attached hydrogen (secondary N) is 1. The Morgan fingerprint density at radius 3 is 3.03 bits per heavy atom. The van der Waals surface area contributed by atoms with Crippen molar-refractivity contribution in [3.8, 4) is 11.4 Å². The number of pyridine rings is 1. The first-order valence-electron chi connectivity index (χ1n) is 10.2. The Labute approximate surface area is 172 Å². The van der Waals surface area contributed by atoms with Crippen molar-refractivity contribution in [3.05, 3.63) is 46.8 Å². The van der Waals surface area contributed by atoms with E-state index < -0.39 is 0 Å². The molecule has 1 saturated heterocycles. The van der Waals surface area contributed by atoms with Gasteiger partial charge in [0, 0.05) is 25.7 Å². The minimum absolute atomic E-state index is 0.107. The van der Waals surface area contributed by atoms with E-state index in [1.54, 1.807) is 21.5 Å². The van der Waals surface area contributed by atoms with Gasteiger partial charge in [0.2, 0.25) is 5.91 Å². The van der Waals surface area contributed by atoms with Gasteiger partial charge in [0.1, 0.15) is 5.52 Å². The molecule has 154 valence electrons. The van der Waals surface area contributed by atoms with Crippen LogP contribution in [0.2, 0.25) is 0 Å². The molecule has 0 bridgehead atoms. The van der Waals surface area contributed by atoms with Crippen molar-refractivity contribution in [1.82, 2.24) is 34.0 Å². The quantitative estimate of drug-likeness (QED) is 0.564. The van der Waals surface area contributed by atoms with Crippen molar-refractivity contribution in [1.29, 1.82) is 0 Å². The number of nitrogens with zero attached hydrogens (tertiary/aromatic N) is 6. The number of amides is 1. The van der Waals surface area contributed by atoms with Gasteiger partial charge in [-0.15, -0.1) is 0 Å². The molecule has 0 radical (unpaired) electrons. The van der Waals surface area contributed by atoms with Crippen molar-refractivity contribution in [2.45, 2.75) is 39.2 Å². The maximum Gasteiger partial charge on any atom is 0.328 e. The highest BCUT2D eigenvalue weighted by atomic mass is 16.2. The number of aromatic amines is 1. The molecule has 0 saturated carbocycles. The summed E-state index contributed by atoms with van der Waals surface area (Å²) in [6, 6.07) is 3.92. The third-order valence-corrected chi connectivity index (χ3v) is 5.79. The largest absolute Gasteiger partial charge is 0.341 e. The number of aromatic nitrogens is 6. The van der Waals surface area contributed by atoms with Crippen molar-refractivity contribution in [2.75, 3.05) is 13.1 Å². The second kappa shape index (κ2) is 7.08. The van der Waals surface area contributed by atoms with Crippen LogP contribution >= 0.6 is 0 Å². The van der Waals surface area contributed by atoms with Gasteiger partial charge < -0.3 is 9.88 Å². The molecule has 0 aliphatic carbocycles. The average Bonchev–Trinajstić information content (AvgIpc) is 3.32. The third kappa shape index (κ3) is 2.97. The van der Waals surface area contributed by atoms with E-state index in [2.05, 4.69) is 15.1 Å². The minimum Gasteiger partial charge on any atom is -0.341 e. The summed E-state index contributed by atoms with van der Waals surface area (Å²) < 4.78 is 3.47. The number of rotatable bonds is 3. The summed E-state index contributed by atoms with van der Waals surface area (Å²) in [6.07, 6.45) is 7.45. The van der Waals surface area contributed by atoms with Crippen LogP contribution in [0.15, 0.2) is 35.5 Å². The lowest BCUT2D eigenvalue weighted by Gasteiger charge is -2.33. The molecule has 4 aromatic heterocycles. The first kappa shape index (κ1) is 18.5. The number of carbonyl (C=O) groups is 1. The molecule has 1 N–H and O–H groups in total. The maximum atomic E-state index is 12.8. The third-order valence-electron chi connectivity index (χ3n) is 5.79. The van der Waals surface area contributed by atoms with Crippen molar-refractivity contribution in [2.24, 2.45) is 0 Å². The molecule has 5 heterocycles. The lowest BCUT2D eigenvalue weighted by atomic mass is 10.1. The highest BCUT2D eigenvalue weighted by Crippen LogP contribution is 2.26. The van der Waals surface area contributed by atoms with E-state index in [0.717, 1.165) is 36.0 Å². The topological polar surface area (TPSA) is 101 Å². The molecule has 5 rings (SSSR count). The van der Waals surface area contributed by atoms with Crippen molar-refractivity contribution < 1.29 is 4.79 Å². The zero-order valence-electron chi connectivity index (χ0n) is 17.0. The van der Waals surface area contributed by atoms with Gasteiger partial charge in [-0.1, -0.05) is 6.92 Å². The Morgan fingerprint density at radius 2 is 2.20 bits per heavy atom. The van der Waals surface area contributed by atoms with E-state index >= 15 is 0 Å². The Morgan fingerprint density at radius 1 is 1.33 bits per heavy atom. The standard InChI is InChI=1S/C21H23N7O2/c1-3-18(29)26-7-4-5-14(12-26)28-20-16(24-21(28)30)11-22-19(25-20)15-10-23-27-8-6-13(2)9-17(15)27/h6,8-11,14H,3-5,7,12H2,1-2H3,(H,24,30). The number of aryl methyl sites for hydroxylation is 1. The van der Waals surface area contributed by atoms with Crippen LogP contribution in [0.1, 0.15) is 37.8 Å². The molecule has 1 unspecified atom stereocenters. The molecule has 1 atom stereocenters. The zero-order valence-corrected chi connectivity index (χ0v) is 17.0. The van der Waals surface area contributed by atoms with E-state index in [4.69, 9.17) is 4.98 Å². The second-order valence-electron chi connectivity index (χ2n) is 7.81. The first-order valence-corrected chi connectivity index (χ1v) is 10.2. The Bertz CT molecular complexity index is 1320. The van der Waals surface area contributed by atoms with Crippen LogP contribution in [0.4, 0.5) is 0 Å². The normalized spacial score (nSPS) is 17.1. The van der Waals surface area contributed by atoms with Gasteiger partial charge in [0.05, 0.1) is 29.5 Å². The van der Waals surface area contributed by atoms with Gasteiger partial charge >= 0.3 is 5.69 Å². The van der Waals surface area contributed by atoms with Gasteiger partial charge in [0.25, 0.3) is 0 Å². The molecule has 4 aromatic rings. The number of fused-ring (bicyclic) bond motifs is 2. The van der Waals surface area contributed by atoms with Crippen molar-refractivity contribution in [3.63, 3.8) is 0 Å². The Hall–Kier alpha value is -3.49. The molecule has 1 aliphatic heterocycles. The molecule has 1 aliphatic rings. The van der Waals surface area contributed by atoms with Crippen LogP contribution < -0.4 is 5.69 Å². The van der Waals surface area contributed by atoms with Gasteiger partial charge in [-0.05, 0) is 37.5 Å². The average molecular weight is 405 g/mol. The van der Waals surface area contributed by atoms with Crippen LogP contribution in [0.25, 0.3) is 28.1 Å². The Balaban J connectivity index is 1.60. The molecule has 0 spiro atoms. The zero-order chi connectivity index (χ0) is 20.8. The van der Waals surface area contributed by atoms with Crippen LogP contribution in [0.3, 0.4) is 0 Å².